The molecule has 0 unspecified atom stereocenters. The van der Waals surface area contributed by atoms with E-state index < -0.39 is 5.97 Å². The minimum Gasteiger partial charge on any atom is -0.478 e. The second kappa shape index (κ2) is 5.00. The van der Waals surface area contributed by atoms with Crippen LogP contribution in [0, 0.1) is 0 Å². The Morgan fingerprint density at radius 1 is 1.41 bits per heavy atom. The second-order valence-electron chi connectivity index (χ2n) is 5.34. The van der Waals surface area contributed by atoms with Crippen LogP contribution in [-0.2, 0) is 10.2 Å². The van der Waals surface area contributed by atoms with Crippen molar-refractivity contribution in [1.82, 2.24) is 4.98 Å². The Morgan fingerprint density at radius 2 is 2.00 bits per heavy atom. The van der Waals surface area contributed by atoms with E-state index in [0.717, 1.165) is 15.6 Å². The van der Waals surface area contributed by atoms with Gasteiger partial charge in [-0.15, -0.1) is 11.3 Å². The van der Waals surface area contributed by atoms with Crippen LogP contribution in [-0.4, -0.2) is 16.1 Å². The molecule has 0 aliphatic rings. The fourth-order valence-electron chi connectivity index (χ4n) is 1.34. The summed E-state index contributed by atoms with van der Waals surface area (Å²) in [4.78, 5) is 16.1. The summed E-state index contributed by atoms with van der Waals surface area (Å²) in [6, 6.07) is 0. The minimum atomic E-state index is -0.926. The third-order valence-electron chi connectivity index (χ3n) is 2.25. The van der Waals surface area contributed by atoms with Gasteiger partial charge < -0.3 is 5.11 Å². The highest BCUT2D eigenvalue weighted by atomic mass is 32.1. The van der Waals surface area contributed by atoms with E-state index in [1.807, 2.05) is 0 Å². The molecule has 0 saturated heterocycles. The highest BCUT2D eigenvalue weighted by molar-refractivity contribution is 7.12. The zero-order valence-electron chi connectivity index (χ0n) is 10.9. The fourth-order valence-corrected chi connectivity index (χ4v) is 2.53. The Labute approximate surface area is 106 Å². The Morgan fingerprint density at radius 3 is 2.41 bits per heavy atom. The molecule has 0 amide bonds. The lowest BCUT2D eigenvalue weighted by Gasteiger charge is -2.13. The van der Waals surface area contributed by atoms with Gasteiger partial charge in [0.15, 0.2) is 0 Å². The van der Waals surface area contributed by atoms with Gasteiger partial charge in [0, 0.05) is 11.5 Å². The lowest BCUT2D eigenvalue weighted by atomic mass is 9.98. The minimum absolute atomic E-state index is 0.00359. The molecule has 1 rings (SSSR count). The first-order valence-electron chi connectivity index (χ1n) is 5.64. The van der Waals surface area contributed by atoms with Crippen LogP contribution in [0.15, 0.2) is 6.08 Å². The van der Waals surface area contributed by atoms with E-state index in [-0.39, 0.29) is 5.41 Å². The van der Waals surface area contributed by atoms with E-state index in [1.54, 1.807) is 17.4 Å². The van der Waals surface area contributed by atoms with Crippen LogP contribution >= 0.6 is 11.3 Å². The number of thiazole rings is 1. The van der Waals surface area contributed by atoms with Crippen molar-refractivity contribution < 1.29 is 9.90 Å². The zero-order chi connectivity index (χ0) is 13.2. The van der Waals surface area contributed by atoms with Crippen molar-refractivity contribution in [2.75, 3.05) is 0 Å². The molecule has 1 heterocycles. The second-order valence-corrected chi connectivity index (χ2v) is 6.38. The van der Waals surface area contributed by atoms with Crippen LogP contribution in [0.1, 0.15) is 56.1 Å². The number of aromatic nitrogens is 1. The number of rotatable bonds is 3. The molecule has 0 saturated carbocycles. The molecule has 94 valence electrons. The van der Waals surface area contributed by atoms with E-state index in [1.165, 1.54) is 6.08 Å². The third-order valence-corrected chi connectivity index (χ3v) is 3.71. The number of hydrogen-bond acceptors (Lipinski definition) is 3. The molecule has 0 aliphatic heterocycles. The van der Waals surface area contributed by atoms with Crippen molar-refractivity contribution in [2.24, 2.45) is 0 Å². The maximum atomic E-state index is 10.6. The van der Waals surface area contributed by atoms with Gasteiger partial charge in [0.05, 0.1) is 15.6 Å². The summed E-state index contributed by atoms with van der Waals surface area (Å²) in [5.74, 6) is -0.624. The quantitative estimate of drug-likeness (QED) is 0.836. The van der Waals surface area contributed by atoms with Gasteiger partial charge in [-0.05, 0) is 12.0 Å². The zero-order valence-corrected chi connectivity index (χ0v) is 11.8. The topological polar surface area (TPSA) is 50.2 Å². The summed E-state index contributed by atoms with van der Waals surface area (Å²) in [5.41, 5.74) is 0.987. The molecule has 0 fully saturated rings. The lowest BCUT2D eigenvalue weighted by molar-refractivity contribution is -0.131. The number of aliphatic carboxylic acids is 1. The molecule has 1 N–H and O–H groups in total. The molecule has 1 aromatic heterocycles. The highest BCUT2D eigenvalue weighted by Crippen LogP contribution is 2.33. The van der Waals surface area contributed by atoms with Gasteiger partial charge in [-0.1, -0.05) is 34.6 Å². The molecule has 0 radical (unpaired) electrons. The summed E-state index contributed by atoms with van der Waals surface area (Å²) in [6.45, 7) is 10.5. The number of nitrogens with zero attached hydrogens (tertiary/aromatic N) is 1. The number of carboxylic acid groups (broad SMARTS) is 1. The standard InChI is InChI=1S/C13H19NO2S/c1-8(2)11-9(6-7-10(15)16)17-12(14-11)13(3,4)5/h6-8H,1-5H3,(H,15,16)/b7-6+. The molecule has 1 aromatic rings. The molecule has 0 atom stereocenters. The number of carbonyl (C=O) groups is 1. The first-order valence-corrected chi connectivity index (χ1v) is 6.45. The van der Waals surface area contributed by atoms with Crippen LogP contribution in [0.25, 0.3) is 6.08 Å². The fraction of sp³-hybridized carbons (Fsp3) is 0.538. The molecular formula is C13H19NO2S. The summed E-state index contributed by atoms with van der Waals surface area (Å²) < 4.78 is 0. The van der Waals surface area contributed by atoms with Gasteiger partial charge in [0.2, 0.25) is 0 Å². The van der Waals surface area contributed by atoms with Gasteiger partial charge in [0.1, 0.15) is 0 Å². The lowest BCUT2D eigenvalue weighted by Crippen LogP contribution is -2.10. The summed E-state index contributed by atoms with van der Waals surface area (Å²) in [7, 11) is 0. The van der Waals surface area contributed by atoms with Gasteiger partial charge in [-0.2, -0.15) is 0 Å². The van der Waals surface area contributed by atoms with Crippen molar-refractivity contribution in [3.8, 4) is 0 Å². The van der Waals surface area contributed by atoms with Crippen molar-refractivity contribution in [3.63, 3.8) is 0 Å². The van der Waals surface area contributed by atoms with Crippen LogP contribution in [0.4, 0.5) is 0 Å². The summed E-state index contributed by atoms with van der Waals surface area (Å²) in [6.07, 6.45) is 2.82. The van der Waals surface area contributed by atoms with E-state index >= 15 is 0 Å². The van der Waals surface area contributed by atoms with E-state index in [9.17, 15) is 4.79 Å². The maximum absolute atomic E-state index is 10.6. The monoisotopic (exact) mass is 253 g/mol. The van der Waals surface area contributed by atoms with Gasteiger partial charge in [-0.25, -0.2) is 9.78 Å². The number of hydrogen-bond donors (Lipinski definition) is 1. The Bertz CT molecular complexity index is 439. The summed E-state index contributed by atoms with van der Waals surface area (Å²) in [5, 5.41) is 9.72. The molecule has 0 aromatic carbocycles. The van der Waals surface area contributed by atoms with Crippen molar-refractivity contribution in [1.29, 1.82) is 0 Å². The smallest absolute Gasteiger partial charge is 0.328 e. The average molecular weight is 253 g/mol. The predicted octanol–water partition coefficient (Wildman–Crippen LogP) is 3.66. The first-order chi connectivity index (χ1) is 7.71. The molecule has 0 aliphatic carbocycles. The van der Waals surface area contributed by atoms with Crippen molar-refractivity contribution >= 4 is 23.4 Å². The molecule has 17 heavy (non-hydrogen) atoms. The Hall–Kier alpha value is -1.16. The van der Waals surface area contributed by atoms with E-state index in [2.05, 4.69) is 39.6 Å². The molecule has 4 heteroatoms. The molecule has 0 bridgehead atoms. The highest BCUT2D eigenvalue weighted by Gasteiger charge is 2.21. The van der Waals surface area contributed by atoms with Crippen LogP contribution in [0.3, 0.4) is 0 Å². The Balaban J connectivity index is 3.19. The van der Waals surface area contributed by atoms with Crippen molar-refractivity contribution in [2.45, 2.75) is 46.0 Å². The van der Waals surface area contributed by atoms with Gasteiger partial charge in [-0.3, -0.25) is 0 Å². The normalized spacial score (nSPS) is 12.6. The maximum Gasteiger partial charge on any atom is 0.328 e. The third kappa shape index (κ3) is 3.66. The van der Waals surface area contributed by atoms with Gasteiger partial charge in [0.25, 0.3) is 0 Å². The first kappa shape index (κ1) is 13.9. The van der Waals surface area contributed by atoms with Crippen LogP contribution < -0.4 is 0 Å². The number of carboxylic acids is 1. The largest absolute Gasteiger partial charge is 0.478 e. The van der Waals surface area contributed by atoms with Crippen LogP contribution in [0.5, 0.6) is 0 Å². The van der Waals surface area contributed by atoms with E-state index in [0.29, 0.717) is 5.92 Å². The molecule has 0 spiro atoms. The Kier molecular flexibility index (Phi) is 4.09. The van der Waals surface area contributed by atoms with Crippen molar-refractivity contribution in [3.05, 3.63) is 21.7 Å². The molecule has 3 nitrogen and oxygen atoms in total. The molecular weight excluding hydrogens is 234 g/mol. The SMILES string of the molecule is CC(C)c1nc(C(C)(C)C)sc1/C=C/C(=O)O. The van der Waals surface area contributed by atoms with E-state index in [4.69, 9.17) is 5.11 Å². The predicted molar refractivity (Wildman–Crippen MR) is 71.6 cm³/mol. The van der Waals surface area contributed by atoms with Gasteiger partial charge >= 0.3 is 5.97 Å². The average Bonchev–Trinajstić information content (AvgIpc) is 2.57. The van der Waals surface area contributed by atoms with Crippen LogP contribution in [0.2, 0.25) is 0 Å². The summed E-state index contributed by atoms with van der Waals surface area (Å²) >= 11 is 1.58.